The van der Waals surface area contributed by atoms with E-state index in [0.717, 1.165) is 12.1 Å². The van der Waals surface area contributed by atoms with E-state index in [1.54, 1.807) is 12.1 Å². The average molecular weight is 375 g/mol. The Labute approximate surface area is 154 Å². The van der Waals surface area contributed by atoms with Gasteiger partial charge < -0.3 is 19.5 Å². The normalized spacial score (nSPS) is 10.4. The second-order valence-electron chi connectivity index (χ2n) is 5.11. The molecule has 9 heteroatoms. The van der Waals surface area contributed by atoms with E-state index < -0.39 is 17.6 Å². The van der Waals surface area contributed by atoms with E-state index in [0.29, 0.717) is 22.8 Å². The zero-order valence-corrected chi connectivity index (χ0v) is 14.9. The summed E-state index contributed by atoms with van der Waals surface area (Å²) in [5.74, 6) is -1.05. The van der Waals surface area contributed by atoms with E-state index in [2.05, 4.69) is 15.8 Å². The third-order valence-corrected chi connectivity index (χ3v) is 3.41. The lowest BCUT2D eigenvalue weighted by molar-refractivity contribution is -0.136. The molecule has 0 aliphatic heterocycles. The van der Waals surface area contributed by atoms with Crippen molar-refractivity contribution in [2.75, 3.05) is 26.6 Å². The van der Waals surface area contributed by atoms with E-state index >= 15 is 0 Å². The minimum atomic E-state index is -0.991. The Bertz CT molecular complexity index is 853. The SMILES string of the molecule is COc1cc(OC)c(OC)cc1C=NNC(=O)C(=O)Nc1ccc(F)cc1. The van der Waals surface area contributed by atoms with Gasteiger partial charge in [-0.2, -0.15) is 5.10 Å². The maximum absolute atomic E-state index is 12.8. The van der Waals surface area contributed by atoms with Crippen molar-refractivity contribution in [3.8, 4) is 17.2 Å². The largest absolute Gasteiger partial charge is 0.496 e. The van der Waals surface area contributed by atoms with Gasteiger partial charge in [0.05, 0.1) is 27.5 Å². The predicted octanol–water partition coefficient (Wildman–Crippen LogP) is 1.94. The smallest absolute Gasteiger partial charge is 0.329 e. The second-order valence-corrected chi connectivity index (χ2v) is 5.11. The molecule has 0 atom stereocenters. The van der Waals surface area contributed by atoms with E-state index in [-0.39, 0.29) is 5.69 Å². The van der Waals surface area contributed by atoms with Crippen LogP contribution in [-0.2, 0) is 9.59 Å². The molecule has 0 aromatic heterocycles. The highest BCUT2D eigenvalue weighted by molar-refractivity contribution is 6.39. The third-order valence-electron chi connectivity index (χ3n) is 3.41. The molecule has 0 saturated heterocycles. The van der Waals surface area contributed by atoms with Gasteiger partial charge in [-0.25, -0.2) is 9.82 Å². The molecule has 0 heterocycles. The molecule has 2 amide bonds. The average Bonchev–Trinajstić information content (AvgIpc) is 2.68. The highest BCUT2D eigenvalue weighted by Gasteiger charge is 2.14. The van der Waals surface area contributed by atoms with Crippen molar-refractivity contribution in [1.82, 2.24) is 5.43 Å². The number of amides is 2. The molecular formula is C18H18FN3O5. The molecule has 0 fully saturated rings. The summed E-state index contributed by atoms with van der Waals surface area (Å²) in [5, 5.41) is 6.06. The first-order valence-electron chi connectivity index (χ1n) is 7.68. The molecule has 0 radical (unpaired) electrons. The van der Waals surface area contributed by atoms with Crippen molar-refractivity contribution in [2.45, 2.75) is 0 Å². The number of rotatable bonds is 6. The third kappa shape index (κ3) is 5.18. The Morgan fingerprint density at radius 1 is 0.926 bits per heavy atom. The number of methoxy groups -OCH3 is 3. The van der Waals surface area contributed by atoms with Gasteiger partial charge in [-0.05, 0) is 30.3 Å². The van der Waals surface area contributed by atoms with Gasteiger partial charge in [0.1, 0.15) is 11.6 Å². The van der Waals surface area contributed by atoms with Crippen LogP contribution in [0.15, 0.2) is 41.5 Å². The summed E-state index contributed by atoms with van der Waals surface area (Å²) >= 11 is 0. The van der Waals surface area contributed by atoms with Crippen LogP contribution in [0.3, 0.4) is 0 Å². The van der Waals surface area contributed by atoms with Crippen LogP contribution in [0.4, 0.5) is 10.1 Å². The van der Waals surface area contributed by atoms with Crippen molar-refractivity contribution in [2.24, 2.45) is 5.10 Å². The quantitative estimate of drug-likeness (QED) is 0.457. The van der Waals surface area contributed by atoms with Crippen molar-refractivity contribution < 1.29 is 28.2 Å². The van der Waals surface area contributed by atoms with Crippen LogP contribution in [0, 0.1) is 5.82 Å². The number of ether oxygens (including phenoxy) is 3. The zero-order chi connectivity index (χ0) is 19.8. The number of hydrogen-bond acceptors (Lipinski definition) is 6. The van der Waals surface area contributed by atoms with Crippen molar-refractivity contribution in [3.63, 3.8) is 0 Å². The van der Waals surface area contributed by atoms with Crippen molar-refractivity contribution >= 4 is 23.7 Å². The predicted molar refractivity (Wildman–Crippen MR) is 96.9 cm³/mol. The van der Waals surface area contributed by atoms with Crippen LogP contribution in [0.25, 0.3) is 0 Å². The van der Waals surface area contributed by atoms with E-state index in [4.69, 9.17) is 14.2 Å². The van der Waals surface area contributed by atoms with Gasteiger partial charge in [0, 0.05) is 17.3 Å². The molecule has 0 aliphatic rings. The van der Waals surface area contributed by atoms with Gasteiger partial charge in [0.25, 0.3) is 0 Å². The lowest BCUT2D eigenvalue weighted by Gasteiger charge is -2.11. The van der Waals surface area contributed by atoms with E-state index in [9.17, 15) is 14.0 Å². The van der Waals surface area contributed by atoms with Gasteiger partial charge in [-0.15, -0.1) is 0 Å². The van der Waals surface area contributed by atoms with Crippen LogP contribution in [0.1, 0.15) is 5.56 Å². The molecular weight excluding hydrogens is 357 g/mol. The number of halogens is 1. The summed E-state index contributed by atoms with van der Waals surface area (Å²) in [4.78, 5) is 23.6. The van der Waals surface area contributed by atoms with E-state index in [1.165, 1.54) is 39.7 Å². The molecule has 142 valence electrons. The van der Waals surface area contributed by atoms with Gasteiger partial charge >= 0.3 is 11.8 Å². The maximum atomic E-state index is 12.8. The topological polar surface area (TPSA) is 98.2 Å². The summed E-state index contributed by atoms with van der Waals surface area (Å²) in [6.07, 6.45) is 1.30. The number of anilines is 1. The molecule has 2 aromatic carbocycles. The number of hydrogen-bond donors (Lipinski definition) is 2. The van der Waals surface area contributed by atoms with Gasteiger partial charge in [-0.1, -0.05) is 0 Å². The second kappa shape index (κ2) is 9.18. The number of nitrogens with one attached hydrogen (secondary N) is 2. The number of carbonyl (C=O) groups is 2. The fourth-order valence-corrected chi connectivity index (χ4v) is 2.09. The Morgan fingerprint density at radius 2 is 1.52 bits per heavy atom. The van der Waals surface area contributed by atoms with Crippen LogP contribution < -0.4 is 25.0 Å². The molecule has 27 heavy (non-hydrogen) atoms. The van der Waals surface area contributed by atoms with Gasteiger partial charge in [0.2, 0.25) is 0 Å². The number of nitrogens with zero attached hydrogens (tertiary/aromatic N) is 1. The molecule has 0 spiro atoms. The summed E-state index contributed by atoms with van der Waals surface area (Å²) in [6.45, 7) is 0. The standard InChI is InChI=1S/C18H18FN3O5/c1-25-14-9-16(27-3)15(26-2)8-11(14)10-20-22-18(24)17(23)21-13-6-4-12(19)5-7-13/h4-10H,1-3H3,(H,21,23)(H,22,24). The lowest BCUT2D eigenvalue weighted by Crippen LogP contribution is -2.32. The molecule has 0 saturated carbocycles. The van der Waals surface area contributed by atoms with Gasteiger partial charge in [0.15, 0.2) is 11.5 Å². The first-order valence-corrected chi connectivity index (χ1v) is 7.68. The molecule has 0 bridgehead atoms. The van der Waals surface area contributed by atoms with Crippen LogP contribution >= 0.6 is 0 Å². The molecule has 0 unspecified atom stereocenters. The Hall–Kier alpha value is -3.62. The molecule has 2 N–H and O–H groups in total. The fraction of sp³-hybridized carbons (Fsp3) is 0.167. The molecule has 0 aliphatic carbocycles. The van der Waals surface area contributed by atoms with Gasteiger partial charge in [-0.3, -0.25) is 9.59 Å². The van der Waals surface area contributed by atoms with Crippen LogP contribution in [-0.4, -0.2) is 39.4 Å². The Morgan fingerprint density at radius 3 is 2.11 bits per heavy atom. The number of benzene rings is 2. The number of carbonyl (C=O) groups excluding carboxylic acids is 2. The first kappa shape index (κ1) is 19.7. The monoisotopic (exact) mass is 375 g/mol. The van der Waals surface area contributed by atoms with Crippen molar-refractivity contribution in [1.29, 1.82) is 0 Å². The Kier molecular flexibility index (Phi) is 6.70. The summed E-state index contributed by atoms with van der Waals surface area (Å²) in [5.41, 5.74) is 2.87. The summed E-state index contributed by atoms with van der Waals surface area (Å²) in [7, 11) is 4.44. The number of hydrazone groups is 1. The zero-order valence-electron chi connectivity index (χ0n) is 14.9. The fourth-order valence-electron chi connectivity index (χ4n) is 2.09. The molecule has 2 aromatic rings. The van der Waals surface area contributed by atoms with E-state index in [1.807, 2.05) is 0 Å². The maximum Gasteiger partial charge on any atom is 0.329 e. The van der Waals surface area contributed by atoms with Crippen LogP contribution in [0.2, 0.25) is 0 Å². The van der Waals surface area contributed by atoms with Crippen molar-refractivity contribution in [3.05, 3.63) is 47.8 Å². The Balaban J connectivity index is 2.04. The lowest BCUT2D eigenvalue weighted by atomic mass is 10.2. The summed E-state index contributed by atoms with van der Waals surface area (Å²) < 4.78 is 28.4. The highest BCUT2D eigenvalue weighted by atomic mass is 19.1. The first-order chi connectivity index (χ1) is 13.0. The molecule has 2 rings (SSSR count). The summed E-state index contributed by atoms with van der Waals surface area (Å²) in [6, 6.07) is 8.19. The highest BCUT2D eigenvalue weighted by Crippen LogP contribution is 2.33. The molecule has 8 nitrogen and oxygen atoms in total. The minimum Gasteiger partial charge on any atom is -0.496 e. The van der Waals surface area contributed by atoms with Crippen LogP contribution in [0.5, 0.6) is 17.2 Å². The minimum absolute atomic E-state index is 0.280.